The molecule has 166 valence electrons. The van der Waals surface area contributed by atoms with Crippen LogP contribution in [0.3, 0.4) is 0 Å². The zero-order valence-electron chi connectivity index (χ0n) is 18.0. The number of carbonyl (C=O) groups is 1. The Morgan fingerprint density at radius 1 is 1.26 bits per heavy atom. The third kappa shape index (κ3) is 4.67. The number of hydrogen-bond acceptors (Lipinski definition) is 5. The van der Waals surface area contributed by atoms with Crippen molar-refractivity contribution in [3.8, 4) is 5.75 Å². The molecule has 0 radical (unpaired) electrons. The van der Waals surface area contributed by atoms with Crippen LogP contribution in [0.5, 0.6) is 5.75 Å². The van der Waals surface area contributed by atoms with E-state index in [1.54, 1.807) is 6.07 Å². The van der Waals surface area contributed by atoms with Crippen LogP contribution in [-0.2, 0) is 10.3 Å². The highest BCUT2D eigenvalue weighted by molar-refractivity contribution is 5.73. The van der Waals surface area contributed by atoms with Gasteiger partial charge in [0.05, 0.1) is 0 Å². The van der Waals surface area contributed by atoms with Crippen molar-refractivity contribution < 1.29 is 19.0 Å². The summed E-state index contributed by atoms with van der Waals surface area (Å²) < 4.78 is 20.0. The summed E-state index contributed by atoms with van der Waals surface area (Å²) in [6.07, 6.45) is 2.16. The minimum Gasteiger partial charge on any atom is -0.489 e. The second-order valence-corrected chi connectivity index (χ2v) is 8.90. The van der Waals surface area contributed by atoms with Gasteiger partial charge in [0.1, 0.15) is 23.7 Å². The van der Waals surface area contributed by atoms with E-state index in [0.29, 0.717) is 30.3 Å². The maximum atomic E-state index is 14.1. The molecule has 1 heterocycles. The molecule has 0 aromatic heterocycles. The lowest BCUT2D eigenvalue weighted by Crippen LogP contribution is -2.53. The number of aliphatic carboxylic acids is 1. The molecule has 1 saturated heterocycles. The van der Waals surface area contributed by atoms with Crippen LogP contribution in [-0.4, -0.2) is 55.3 Å². The molecular weight excluding hydrogens is 397 g/mol. The molecule has 0 bridgehead atoms. The van der Waals surface area contributed by atoms with E-state index in [9.17, 15) is 9.18 Å². The molecule has 1 aliphatic heterocycles. The Morgan fingerprint density at radius 2 is 2.00 bits per heavy atom. The molecule has 2 aliphatic rings. The van der Waals surface area contributed by atoms with E-state index >= 15 is 0 Å². The van der Waals surface area contributed by atoms with Crippen molar-refractivity contribution in [2.24, 2.45) is 5.92 Å². The summed E-state index contributed by atoms with van der Waals surface area (Å²) in [5.74, 6) is -0.356. The van der Waals surface area contributed by atoms with Gasteiger partial charge in [0.25, 0.3) is 0 Å². The first-order valence-electron chi connectivity index (χ1n) is 10.8. The van der Waals surface area contributed by atoms with E-state index < -0.39 is 12.0 Å². The summed E-state index contributed by atoms with van der Waals surface area (Å²) in [7, 11) is 4.25. The molecular formula is C24H30FN3O3. The SMILES string of the molecule is CN(C)C1(c2ccccc2)CC(CNc2cc(F)cc(O[C@@H]3CN[C@H](C(=O)O)C3)c2)C1. The number of nitrogens with one attached hydrogen (secondary N) is 2. The van der Waals surface area contributed by atoms with Gasteiger partial charge >= 0.3 is 5.97 Å². The summed E-state index contributed by atoms with van der Waals surface area (Å²) in [4.78, 5) is 13.4. The lowest BCUT2D eigenvalue weighted by Gasteiger charge is -2.52. The fraction of sp³-hybridized carbons (Fsp3) is 0.458. The van der Waals surface area contributed by atoms with Crippen molar-refractivity contribution in [3.63, 3.8) is 0 Å². The maximum absolute atomic E-state index is 14.1. The molecule has 0 unspecified atom stereocenters. The summed E-state index contributed by atoms with van der Waals surface area (Å²) in [6.45, 7) is 1.20. The molecule has 1 aliphatic carbocycles. The Balaban J connectivity index is 1.34. The van der Waals surface area contributed by atoms with Crippen LogP contribution in [0.1, 0.15) is 24.8 Å². The third-order valence-electron chi connectivity index (χ3n) is 6.58. The molecule has 6 nitrogen and oxygen atoms in total. The highest BCUT2D eigenvalue weighted by Crippen LogP contribution is 2.49. The van der Waals surface area contributed by atoms with Gasteiger partial charge in [-0.15, -0.1) is 0 Å². The topological polar surface area (TPSA) is 73.8 Å². The molecule has 0 spiro atoms. The number of anilines is 1. The van der Waals surface area contributed by atoms with Gasteiger partial charge in [0.2, 0.25) is 0 Å². The lowest BCUT2D eigenvalue weighted by atomic mass is 9.64. The average Bonchev–Trinajstić information content (AvgIpc) is 3.16. The van der Waals surface area contributed by atoms with Gasteiger partial charge in [-0.1, -0.05) is 30.3 Å². The van der Waals surface area contributed by atoms with Gasteiger partial charge in [-0.25, -0.2) is 4.39 Å². The van der Waals surface area contributed by atoms with Crippen molar-refractivity contribution in [2.45, 2.75) is 36.9 Å². The van der Waals surface area contributed by atoms with E-state index in [1.165, 1.54) is 17.7 Å². The second kappa shape index (κ2) is 8.85. The fourth-order valence-corrected chi connectivity index (χ4v) is 4.82. The van der Waals surface area contributed by atoms with Gasteiger partial charge in [0.15, 0.2) is 0 Å². The first-order valence-corrected chi connectivity index (χ1v) is 10.8. The summed E-state index contributed by atoms with van der Waals surface area (Å²) in [5, 5.41) is 15.4. The number of carboxylic acid groups (broad SMARTS) is 1. The smallest absolute Gasteiger partial charge is 0.320 e. The van der Waals surface area contributed by atoms with Crippen molar-refractivity contribution >= 4 is 11.7 Å². The largest absolute Gasteiger partial charge is 0.489 e. The molecule has 31 heavy (non-hydrogen) atoms. The normalized spacial score (nSPS) is 27.7. The molecule has 2 aromatic carbocycles. The minimum atomic E-state index is -0.891. The summed E-state index contributed by atoms with van der Waals surface area (Å²) >= 11 is 0. The van der Waals surface area contributed by atoms with Crippen molar-refractivity contribution in [3.05, 3.63) is 59.9 Å². The average molecular weight is 428 g/mol. The molecule has 1 saturated carbocycles. The Bertz CT molecular complexity index is 916. The van der Waals surface area contributed by atoms with E-state index in [1.807, 2.05) is 6.07 Å². The standard InChI is InChI=1S/C24H30FN3O3/c1-28(2)24(17-6-4-3-5-7-17)12-16(13-24)14-26-19-8-18(25)9-20(10-19)31-21-11-22(23(29)30)27-15-21/h3-10,16,21-22,26-27H,11-15H2,1-2H3,(H,29,30)/t16?,21-,22-,24?/m0/s1. The fourth-order valence-electron chi connectivity index (χ4n) is 4.82. The number of nitrogens with zero attached hydrogens (tertiary/aromatic N) is 1. The number of rotatable bonds is 8. The van der Waals surface area contributed by atoms with E-state index in [2.05, 4.69) is 53.9 Å². The first kappa shape index (κ1) is 21.6. The van der Waals surface area contributed by atoms with E-state index in [4.69, 9.17) is 9.84 Å². The van der Waals surface area contributed by atoms with Crippen molar-refractivity contribution in [1.29, 1.82) is 0 Å². The van der Waals surface area contributed by atoms with Gasteiger partial charge in [-0.2, -0.15) is 0 Å². The second-order valence-electron chi connectivity index (χ2n) is 8.90. The van der Waals surface area contributed by atoms with Gasteiger partial charge in [-0.3, -0.25) is 9.69 Å². The van der Waals surface area contributed by atoms with Crippen molar-refractivity contribution in [2.75, 3.05) is 32.5 Å². The van der Waals surface area contributed by atoms with Crippen LogP contribution in [0.4, 0.5) is 10.1 Å². The number of hydrogen-bond donors (Lipinski definition) is 3. The van der Waals surface area contributed by atoms with Crippen LogP contribution in [0.2, 0.25) is 0 Å². The highest BCUT2D eigenvalue weighted by atomic mass is 19.1. The number of ether oxygens (including phenoxy) is 1. The van der Waals surface area contributed by atoms with Crippen LogP contribution in [0, 0.1) is 11.7 Å². The van der Waals surface area contributed by atoms with Gasteiger partial charge in [0, 0.05) is 42.9 Å². The highest BCUT2D eigenvalue weighted by Gasteiger charge is 2.46. The Kier molecular flexibility index (Phi) is 6.16. The number of benzene rings is 2. The first-order chi connectivity index (χ1) is 14.9. The van der Waals surface area contributed by atoms with E-state index in [0.717, 1.165) is 19.4 Å². The predicted octanol–water partition coefficient (Wildman–Crippen LogP) is 3.30. The Hall–Kier alpha value is -2.64. The molecule has 2 fully saturated rings. The lowest BCUT2D eigenvalue weighted by molar-refractivity contribution is -0.139. The number of carboxylic acids is 1. The summed E-state index contributed by atoms with van der Waals surface area (Å²) in [6, 6.07) is 14.6. The van der Waals surface area contributed by atoms with Crippen LogP contribution >= 0.6 is 0 Å². The zero-order chi connectivity index (χ0) is 22.0. The van der Waals surface area contributed by atoms with E-state index in [-0.39, 0.29) is 17.5 Å². The van der Waals surface area contributed by atoms with Gasteiger partial charge in [-0.05, 0) is 44.5 Å². The monoisotopic (exact) mass is 427 g/mol. The molecule has 2 aromatic rings. The molecule has 4 rings (SSSR count). The van der Waals surface area contributed by atoms with Gasteiger partial charge < -0.3 is 20.5 Å². The van der Waals surface area contributed by atoms with Crippen molar-refractivity contribution in [1.82, 2.24) is 10.2 Å². The maximum Gasteiger partial charge on any atom is 0.320 e. The molecule has 2 atom stereocenters. The third-order valence-corrected chi connectivity index (χ3v) is 6.58. The molecule has 3 N–H and O–H groups in total. The van der Waals surface area contributed by atoms with Crippen LogP contribution < -0.4 is 15.4 Å². The van der Waals surface area contributed by atoms with Crippen LogP contribution in [0.15, 0.2) is 48.5 Å². The summed E-state index contributed by atoms with van der Waals surface area (Å²) in [5.41, 5.74) is 2.07. The van der Waals surface area contributed by atoms with Crippen LogP contribution in [0.25, 0.3) is 0 Å². The minimum absolute atomic E-state index is 0.0555. The molecule has 0 amide bonds. The Morgan fingerprint density at radius 3 is 2.65 bits per heavy atom. The molecule has 7 heteroatoms. The Labute approximate surface area is 182 Å². The number of halogens is 1. The predicted molar refractivity (Wildman–Crippen MR) is 118 cm³/mol. The zero-order valence-corrected chi connectivity index (χ0v) is 18.0. The quantitative estimate of drug-likeness (QED) is 0.600.